The van der Waals surface area contributed by atoms with Crippen LogP contribution in [0.2, 0.25) is 0 Å². The number of hydrogen-bond acceptors (Lipinski definition) is 2. The Labute approximate surface area is 102 Å². The molecule has 0 amide bonds. The van der Waals surface area contributed by atoms with Gasteiger partial charge >= 0.3 is 0 Å². The molecule has 90 valence electrons. The van der Waals surface area contributed by atoms with Crippen molar-refractivity contribution in [3.8, 4) is 5.69 Å². The maximum atomic E-state index is 4.60. The molecule has 2 rings (SSSR count). The van der Waals surface area contributed by atoms with E-state index in [0.717, 1.165) is 18.7 Å². The molecular weight excluding hydrogens is 210 g/mol. The van der Waals surface area contributed by atoms with Gasteiger partial charge in [0, 0.05) is 19.2 Å². The summed E-state index contributed by atoms with van der Waals surface area (Å²) in [5, 5.41) is 7.73. The molecule has 0 saturated carbocycles. The largest absolute Gasteiger partial charge is 0.319 e. The molecule has 0 bridgehead atoms. The van der Waals surface area contributed by atoms with E-state index in [4.69, 9.17) is 0 Å². The van der Waals surface area contributed by atoms with Gasteiger partial charge in [0.05, 0.1) is 11.4 Å². The molecule has 1 aromatic heterocycles. The van der Waals surface area contributed by atoms with E-state index in [0.29, 0.717) is 0 Å². The quantitative estimate of drug-likeness (QED) is 0.871. The highest BCUT2D eigenvalue weighted by Gasteiger charge is 2.04. The van der Waals surface area contributed by atoms with E-state index in [1.165, 1.54) is 16.8 Å². The molecular formula is C14H19N3. The number of likely N-dealkylation sites (N-methyl/N-ethyl adjacent to an activating group) is 1. The molecule has 3 nitrogen and oxygen atoms in total. The van der Waals surface area contributed by atoms with Gasteiger partial charge in [-0.25, -0.2) is 4.68 Å². The summed E-state index contributed by atoms with van der Waals surface area (Å²) in [7, 11) is 1.96. The van der Waals surface area contributed by atoms with Gasteiger partial charge < -0.3 is 5.32 Å². The Morgan fingerprint density at radius 1 is 1.24 bits per heavy atom. The third kappa shape index (κ3) is 2.74. The van der Waals surface area contributed by atoms with Crippen molar-refractivity contribution in [1.29, 1.82) is 0 Å². The van der Waals surface area contributed by atoms with Crippen LogP contribution in [0, 0.1) is 13.8 Å². The Hall–Kier alpha value is -1.61. The average molecular weight is 229 g/mol. The molecule has 0 aliphatic rings. The minimum atomic E-state index is 0.962. The summed E-state index contributed by atoms with van der Waals surface area (Å²) in [6.45, 7) is 5.18. The number of nitrogens with zero attached hydrogens (tertiary/aromatic N) is 2. The molecule has 0 spiro atoms. The van der Waals surface area contributed by atoms with Gasteiger partial charge in [0.15, 0.2) is 0 Å². The first-order valence-electron chi connectivity index (χ1n) is 5.97. The SMILES string of the molecule is CNCCc1ccn(-c2cc(C)ccc2C)n1. The van der Waals surface area contributed by atoms with Crippen LogP contribution in [0.15, 0.2) is 30.5 Å². The Morgan fingerprint density at radius 2 is 2.06 bits per heavy atom. The van der Waals surface area contributed by atoms with E-state index in [9.17, 15) is 0 Å². The Kier molecular flexibility index (Phi) is 3.59. The van der Waals surface area contributed by atoms with Crippen molar-refractivity contribution in [3.63, 3.8) is 0 Å². The summed E-state index contributed by atoms with van der Waals surface area (Å²) in [4.78, 5) is 0. The molecule has 1 heterocycles. The third-order valence-electron chi connectivity index (χ3n) is 2.89. The van der Waals surface area contributed by atoms with Gasteiger partial charge in [-0.05, 0) is 44.2 Å². The first-order chi connectivity index (χ1) is 8.20. The Morgan fingerprint density at radius 3 is 2.82 bits per heavy atom. The topological polar surface area (TPSA) is 29.9 Å². The lowest BCUT2D eigenvalue weighted by molar-refractivity contribution is 0.753. The fraction of sp³-hybridized carbons (Fsp3) is 0.357. The van der Waals surface area contributed by atoms with Crippen molar-refractivity contribution in [2.45, 2.75) is 20.3 Å². The molecule has 3 heteroatoms. The fourth-order valence-corrected chi connectivity index (χ4v) is 1.85. The highest BCUT2D eigenvalue weighted by molar-refractivity contribution is 5.42. The zero-order chi connectivity index (χ0) is 12.3. The molecule has 0 aliphatic heterocycles. The van der Waals surface area contributed by atoms with Gasteiger partial charge in [0.1, 0.15) is 0 Å². The minimum Gasteiger partial charge on any atom is -0.319 e. The third-order valence-corrected chi connectivity index (χ3v) is 2.89. The lowest BCUT2D eigenvalue weighted by atomic mass is 10.1. The second-order valence-corrected chi connectivity index (χ2v) is 4.40. The van der Waals surface area contributed by atoms with Gasteiger partial charge in [-0.15, -0.1) is 0 Å². The van der Waals surface area contributed by atoms with Gasteiger partial charge in [-0.3, -0.25) is 0 Å². The highest BCUT2D eigenvalue weighted by atomic mass is 15.3. The van der Waals surface area contributed by atoms with Crippen LogP contribution in [-0.4, -0.2) is 23.4 Å². The van der Waals surface area contributed by atoms with Crippen molar-refractivity contribution in [3.05, 3.63) is 47.3 Å². The summed E-state index contributed by atoms with van der Waals surface area (Å²) in [6, 6.07) is 8.52. The maximum Gasteiger partial charge on any atom is 0.0677 e. The van der Waals surface area contributed by atoms with Crippen LogP contribution in [-0.2, 0) is 6.42 Å². The molecule has 0 fully saturated rings. The number of aryl methyl sites for hydroxylation is 2. The molecule has 1 aromatic carbocycles. The van der Waals surface area contributed by atoms with Crippen LogP contribution in [0.4, 0.5) is 0 Å². The monoisotopic (exact) mass is 229 g/mol. The molecule has 0 radical (unpaired) electrons. The average Bonchev–Trinajstić information content (AvgIpc) is 2.78. The summed E-state index contributed by atoms with van der Waals surface area (Å²) < 4.78 is 1.97. The molecule has 17 heavy (non-hydrogen) atoms. The van der Waals surface area contributed by atoms with E-state index < -0.39 is 0 Å². The van der Waals surface area contributed by atoms with Gasteiger partial charge in [0.2, 0.25) is 0 Å². The van der Waals surface area contributed by atoms with Gasteiger partial charge in [-0.1, -0.05) is 12.1 Å². The lowest BCUT2D eigenvalue weighted by Crippen LogP contribution is -2.11. The fourth-order valence-electron chi connectivity index (χ4n) is 1.85. The summed E-state index contributed by atoms with van der Waals surface area (Å²) in [6.07, 6.45) is 3.00. The molecule has 2 aromatic rings. The zero-order valence-corrected chi connectivity index (χ0v) is 10.7. The maximum absolute atomic E-state index is 4.60. The van der Waals surface area contributed by atoms with Crippen molar-refractivity contribution in [2.75, 3.05) is 13.6 Å². The standard InChI is InChI=1S/C14H19N3/c1-11-4-5-12(2)14(10-11)17-9-7-13(16-17)6-8-15-3/h4-5,7,9-10,15H,6,8H2,1-3H3. The van der Waals surface area contributed by atoms with Crippen molar-refractivity contribution in [2.24, 2.45) is 0 Å². The first-order valence-corrected chi connectivity index (χ1v) is 5.97. The van der Waals surface area contributed by atoms with Crippen LogP contribution in [0.1, 0.15) is 16.8 Å². The zero-order valence-electron chi connectivity index (χ0n) is 10.7. The van der Waals surface area contributed by atoms with E-state index in [2.05, 4.69) is 48.5 Å². The van der Waals surface area contributed by atoms with Crippen LogP contribution in [0.25, 0.3) is 5.69 Å². The first kappa shape index (κ1) is 11.9. The van der Waals surface area contributed by atoms with E-state index >= 15 is 0 Å². The summed E-state index contributed by atoms with van der Waals surface area (Å²) in [5.41, 5.74) is 4.80. The van der Waals surface area contributed by atoms with Crippen LogP contribution in [0.3, 0.4) is 0 Å². The van der Waals surface area contributed by atoms with E-state index in [-0.39, 0.29) is 0 Å². The van der Waals surface area contributed by atoms with Crippen molar-refractivity contribution >= 4 is 0 Å². The van der Waals surface area contributed by atoms with E-state index in [1.807, 2.05) is 17.9 Å². The summed E-state index contributed by atoms with van der Waals surface area (Å²) in [5.74, 6) is 0. The number of hydrogen-bond donors (Lipinski definition) is 1. The number of rotatable bonds is 4. The minimum absolute atomic E-state index is 0.962. The van der Waals surface area contributed by atoms with Crippen LogP contribution in [0.5, 0.6) is 0 Å². The molecule has 1 N–H and O–H groups in total. The predicted molar refractivity (Wildman–Crippen MR) is 70.7 cm³/mol. The number of benzene rings is 1. The van der Waals surface area contributed by atoms with Gasteiger partial charge in [-0.2, -0.15) is 5.10 Å². The van der Waals surface area contributed by atoms with Crippen molar-refractivity contribution < 1.29 is 0 Å². The lowest BCUT2D eigenvalue weighted by Gasteiger charge is -2.06. The Balaban J connectivity index is 2.27. The van der Waals surface area contributed by atoms with Crippen LogP contribution < -0.4 is 5.32 Å². The van der Waals surface area contributed by atoms with E-state index in [1.54, 1.807) is 0 Å². The molecule has 0 saturated heterocycles. The molecule has 0 aliphatic carbocycles. The normalized spacial score (nSPS) is 10.8. The Bertz CT molecular complexity index is 500. The molecule has 0 atom stereocenters. The highest BCUT2D eigenvalue weighted by Crippen LogP contribution is 2.15. The number of nitrogens with one attached hydrogen (secondary N) is 1. The smallest absolute Gasteiger partial charge is 0.0677 e. The summed E-state index contributed by atoms with van der Waals surface area (Å²) >= 11 is 0. The van der Waals surface area contributed by atoms with Crippen LogP contribution >= 0.6 is 0 Å². The second-order valence-electron chi connectivity index (χ2n) is 4.40. The predicted octanol–water partition coefficient (Wildman–Crippen LogP) is 2.25. The molecule has 0 unspecified atom stereocenters. The number of aromatic nitrogens is 2. The second kappa shape index (κ2) is 5.15. The van der Waals surface area contributed by atoms with Crippen molar-refractivity contribution in [1.82, 2.24) is 15.1 Å². The van der Waals surface area contributed by atoms with Gasteiger partial charge in [0.25, 0.3) is 0 Å².